The number of nitrogens with zero attached hydrogens (tertiary/aromatic N) is 2. The van der Waals surface area contributed by atoms with Crippen LogP contribution in [0.25, 0.3) is 28.4 Å². The average Bonchev–Trinajstić information content (AvgIpc) is 3.26. The van der Waals surface area contributed by atoms with Crippen molar-refractivity contribution in [2.24, 2.45) is 0 Å². The summed E-state index contributed by atoms with van der Waals surface area (Å²) in [7, 11) is 0. The molecule has 5 nitrogen and oxygen atoms in total. The Hall–Kier alpha value is -2.29. The Labute approximate surface area is 170 Å². The molecular formula is C19H16N4OS3. The molecule has 3 aromatic rings. The van der Waals surface area contributed by atoms with Crippen LogP contribution in [-0.4, -0.2) is 26.7 Å². The third kappa shape index (κ3) is 3.87. The van der Waals surface area contributed by atoms with E-state index in [2.05, 4.69) is 28.6 Å². The molecule has 1 saturated heterocycles. The number of anilines is 1. The maximum absolute atomic E-state index is 11.8. The Morgan fingerprint density at radius 3 is 3.00 bits per heavy atom. The number of aromatic nitrogens is 2. The molecule has 0 unspecified atom stereocenters. The van der Waals surface area contributed by atoms with E-state index in [1.54, 1.807) is 17.5 Å². The maximum Gasteiger partial charge on any atom is 0.263 e. The van der Waals surface area contributed by atoms with Crippen LogP contribution < -0.4 is 10.6 Å². The minimum absolute atomic E-state index is 0.139. The molecule has 4 rings (SSSR count). The van der Waals surface area contributed by atoms with Gasteiger partial charge in [0.05, 0.1) is 10.6 Å². The van der Waals surface area contributed by atoms with Gasteiger partial charge in [-0.2, -0.15) is 0 Å². The van der Waals surface area contributed by atoms with Crippen LogP contribution in [0.15, 0.2) is 40.7 Å². The number of rotatable bonds is 5. The Morgan fingerprint density at radius 2 is 2.22 bits per heavy atom. The van der Waals surface area contributed by atoms with Crippen LogP contribution in [0, 0.1) is 0 Å². The fourth-order valence-corrected chi connectivity index (χ4v) is 4.66. The van der Waals surface area contributed by atoms with Gasteiger partial charge in [0.1, 0.15) is 4.32 Å². The number of thiocarbonyl (C=S) groups is 1. The van der Waals surface area contributed by atoms with Crippen LogP contribution in [0.4, 0.5) is 5.69 Å². The van der Waals surface area contributed by atoms with E-state index in [-0.39, 0.29) is 5.91 Å². The number of hydrogen-bond donors (Lipinski definition) is 2. The summed E-state index contributed by atoms with van der Waals surface area (Å²) < 4.78 is 0.498. The summed E-state index contributed by atoms with van der Waals surface area (Å²) in [5, 5.41) is 9.09. The second kappa shape index (κ2) is 7.75. The number of thiophene rings is 1. The predicted octanol–water partition coefficient (Wildman–Crippen LogP) is 4.67. The highest BCUT2D eigenvalue weighted by Crippen LogP contribution is 2.31. The van der Waals surface area contributed by atoms with E-state index in [0.29, 0.717) is 9.23 Å². The predicted molar refractivity (Wildman–Crippen MR) is 118 cm³/mol. The van der Waals surface area contributed by atoms with Gasteiger partial charge in [-0.25, -0.2) is 9.97 Å². The third-order valence-corrected chi connectivity index (χ3v) is 6.04. The van der Waals surface area contributed by atoms with E-state index < -0.39 is 0 Å². The third-order valence-electron chi connectivity index (χ3n) is 4.00. The number of nitrogens with one attached hydrogen (secondary N) is 2. The van der Waals surface area contributed by atoms with Crippen molar-refractivity contribution in [1.82, 2.24) is 15.3 Å². The molecule has 0 spiro atoms. The van der Waals surface area contributed by atoms with Gasteiger partial charge in [-0.05, 0) is 36.8 Å². The van der Waals surface area contributed by atoms with Crippen LogP contribution in [0.3, 0.4) is 0 Å². The first-order valence-electron chi connectivity index (χ1n) is 8.47. The summed E-state index contributed by atoms with van der Waals surface area (Å²) in [6, 6.07) is 8.06. The van der Waals surface area contributed by atoms with Crippen molar-refractivity contribution in [3.05, 3.63) is 45.6 Å². The zero-order chi connectivity index (χ0) is 18.8. The summed E-state index contributed by atoms with van der Waals surface area (Å²) >= 11 is 7.88. The molecule has 136 valence electrons. The molecule has 8 heteroatoms. The maximum atomic E-state index is 11.8. The van der Waals surface area contributed by atoms with Crippen LogP contribution >= 0.6 is 35.3 Å². The molecule has 1 fully saturated rings. The van der Waals surface area contributed by atoms with Crippen molar-refractivity contribution in [2.75, 3.05) is 11.9 Å². The summed E-state index contributed by atoms with van der Waals surface area (Å²) in [5.74, 6) is -0.139. The number of pyridine rings is 2. The Balaban J connectivity index is 1.63. The lowest BCUT2D eigenvalue weighted by atomic mass is 10.1. The Bertz CT molecular complexity index is 1070. The molecule has 1 aliphatic rings. The molecule has 0 radical (unpaired) electrons. The normalized spacial score (nSPS) is 15.5. The minimum atomic E-state index is -0.139. The number of fused-ring (bicyclic) bond motifs is 1. The molecule has 0 aromatic carbocycles. The quantitative estimate of drug-likeness (QED) is 0.469. The first kappa shape index (κ1) is 18.1. The number of thioether (sulfide) groups is 1. The number of carbonyl (C=O) groups is 1. The summed E-state index contributed by atoms with van der Waals surface area (Å²) in [6.07, 6.45) is 4.70. The minimum Gasteiger partial charge on any atom is -0.384 e. The topological polar surface area (TPSA) is 66.9 Å². The van der Waals surface area contributed by atoms with Crippen LogP contribution in [-0.2, 0) is 4.79 Å². The molecular weight excluding hydrogens is 396 g/mol. The van der Waals surface area contributed by atoms with Crippen molar-refractivity contribution < 1.29 is 4.79 Å². The monoisotopic (exact) mass is 412 g/mol. The molecule has 0 atom stereocenters. The standard InChI is InChI=1S/C19H16N4OS3/c1-2-6-20-15-5-7-21-17-13(15)3-4-14(22-17)11-8-12(26-10-11)9-16-18(24)23-19(25)27-16/h3-5,7-10H,2,6H2,1H3,(H,20,21,22)(H,23,24,25)/b16-9-. The molecule has 0 saturated carbocycles. The fourth-order valence-electron chi connectivity index (χ4n) is 2.72. The van der Waals surface area contributed by atoms with Crippen molar-refractivity contribution in [2.45, 2.75) is 13.3 Å². The van der Waals surface area contributed by atoms with E-state index in [9.17, 15) is 4.79 Å². The summed E-state index contributed by atoms with van der Waals surface area (Å²) in [6.45, 7) is 3.05. The summed E-state index contributed by atoms with van der Waals surface area (Å²) in [5.41, 5.74) is 3.64. The van der Waals surface area contributed by atoms with Gasteiger partial charge >= 0.3 is 0 Å². The molecule has 27 heavy (non-hydrogen) atoms. The number of hydrogen-bond acceptors (Lipinski definition) is 7. The fraction of sp³-hybridized carbons (Fsp3) is 0.158. The SMILES string of the molecule is CCCNc1ccnc2nc(-c3csc(/C=C4\SC(=S)NC4=O)c3)ccc12. The van der Waals surface area contributed by atoms with E-state index in [1.807, 2.05) is 29.7 Å². The van der Waals surface area contributed by atoms with E-state index in [4.69, 9.17) is 17.2 Å². The van der Waals surface area contributed by atoms with Gasteiger partial charge in [-0.3, -0.25) is 4.79 Å². The zero-order valence-electron chi connectivity index (χ0n) is 14.5. The van der Waals surface area contributed by atoms with E-state index in [1.165, 1.54) is 11.8 Å². The van der Waals surface area contributed by atoms with Gasteiger partial charge in [-0.1, -0.05) is 30.9 Å². The smallest absolute Gasteiger partial charge is 0.263 e. The largest absolute Gasteiger partial charge is 0.384 e. The highest BCUT2D eigenvalue weighted by Gasteiger charge is 2.22. The van der Waals surface area contributed by atoms with Crippen LogP contribution in [0.1, 0.15) is 18.2 Å². The van der Waals surface area contributed by atoms with Gasteiger partial charge in [0.15, 0.2) is 5.65 Å². The molecule has 3 aromatic heterocycles. The molecule has 0 bridgehead atoms. The second-order valence-electron chi connectivity index (χ2n) is 5.94. The van der Waals surface area contributed by atoms with E-state index >= 15 is 0 Å². The average molecular weight is 413 g/mol. The summed E-state index contributed by atoms with van der Waals surface area (Å²) in [4.78, 5) is 22.5. The lowest BCUT2D eigenvalue weighted by molar-refractivity contribution is -0.115. The van der Waals surface area contributed by atoms with Crippen molar-refractivity contribution in [3.63, 3.8) is 0 Å². The first-order valence-corrected chi connectivity index (χ1v) is 10.6. The van der Waals surface area contributed by atoms with Crippen LogP contribution in [0.5, 0.6) is 0 Å². The van der Waals surface area contributed by atoms with Gasteiger partial charge in [0, 0.05) is 39.6 Å². The van der Waals surface area contributed by atoms with Gasteiger partial charge < -0.3 is 10.6 Å². The Kier molecular flexibility index (Phi) is 5.20. The van der Waals surface area contributed by atoms with Crippen molar-refractivity contribution in [1.29, 1.82) is 0 Å². The van der Waals surface area contributed by atoms with Gasteiger partial charge in [0.25, 0.3) is 5.91 Å². The highest BCUT2D eigenvalue weighted by atomic mass is 32.2. The second-order valence-corrected chi connectivity index (χ2v) is 8.60. The first-order chi connectivity index (χ1) is 13.1. The highest BCUT2D eigenvalue weighted by molar-refractivity contribution is 8.26. The van der Waals surface area contributed by atoms with Gasteiger partial charge in [0.2, 0.25) is 0 Å². The number of carbonyl (C=O) groups excluding carboxylic acids is 1. The molecule has 1 aliphatic heterocycles. The number of amides is 1. The lowest BCUT2D eigenvalue weighted by Gasteiger charge is -2.08. The molecule has 4 heterocycles. The van der Waals surface area contributed by atoms with Crippen molar-refractivity contribution in [3.8, 4) is 11.3 Å². The molecule has 2 N–H and O–H groups in total. The van der Waals surface area contributed by atoms with Crippen LogP contribution in [0.2, 0.25) is 0 Å². The zero-order valence-corrected chi connectivity index (χ0v) is 16.9. The molecule has 1 amide bonds. The lowest BCUT2D eigenvalue weighted by Crippen LogP contribution is -2.17. The van der Waals surface area contributed by atoms with Gasteiger partial charge in [-0.15, -0.1) is 11.3 Å². The van der Waals surface area contributed by atoms with Crippen molar-refractivity contribution >= 4 is 68.3 Å². The Morgan fingerprint density at radius 1 is 1.33 bits per heavy atom. The van der Waals surface area contributed by atoms with E-state index in [0.717, 1.165) is 45.8 Å². The molecule has 0 aliphatic carbocycles.